The fourth-order valence-corrected chi connectivity index (χ4v) is 2.66. The lowest BCUT2D eigenvalue weighted by atomic mass is 9.71. The highest BCUT2D eigenvalue weighted by molar-refractivity contribution is 4.90. The van der Waals surface area contributed by atoms with E-state index in [2.05, 4.69) is 12.2 Å². The van der Waals surface area contributed by atoms with Gasteiger partial charge in [-0.15, -0.1) is 0 Å². The minimum absolute atomic E-state index is 0.00699. The molecule has 2 aliphatic rings. The third kappa shape index (κ3) is 1.30. The Bertz CT molecular complexity index is 134. The summed E-state index contributed by atoms with van der Waals surface area (Å²) in [5.74, 6) is 1.91. The minimum atomic E-state index is -0.00699. The quantitative estimate of drug-likeness (QED) is 0.537. The van der Waals surface area contributed by atoms with Crippen molar-refractivity contribution < 1.29 is 5.11 Å². The Kier molecular flexibility index (Phi) is 1.90. The minimum Gasteiger partial charge on any atom is -0.392 e. The van der Waals surface area contributed by atoms with Crippen molar-refractivity contribution in [1.29, 1.82) is 0 Å². The monoisotopic (exact) mass is 155 g/mol. The lowest BCUT2D eigenvalue weighted by Gasteiger charge is -2.42. The van der Waals surface area contributed by atoms with Crippen molar-refractivity contribution >= 4 is 0 Å². The van der Waals surface area contributed by atoms with Crippen molar-refractivity contribution in [3.63, 3.8) is 0 Å². The third-order valence-electron chi connectivity index (χ3n) is 3.19. The zero-order valence-electron chi connectivity index (χ0n) is 7.09. The maximum atomic E-state index is 9.77. The second kappa shape index (κ2) is 2.76. The fraction of sp³-hybridized carbons (Fsp3) is 1.00. The number of nitrogens with one attached hydrogen (secondary N) is 1. The van der Waals surface area contributed by atoms with Crippen LogP contribution in [0.3, 0.4) is 0 Å². The van der Waals surface area contributed by atoms with Crippen molar-refractivity contribution in [2.24, 2.45) is 17.8 Å². The molecule has 2 fully saturated rings. The Morgan fingerprint density at radius 2 is 1.73 bits per heavy atom. The van der Waals surface area contributed by atoms with Gasteiger partial charge in [-0.25, -0.2) is 0 Å². The molecule has 2 heteroatoms. The first-order valence-corrected chi connectivity index (χ1v) is 4.66. The zero-order chi connectivity index (χ0) is 7.84. The van der Waals surface area contributed by atoms with Gasteiger partial charge < -0.3 is 10.4 Å². The van der Waals surface area contributed by atoms with Crippen LogP contribution >= 0.6 is 0 Å². The molecule has 0 aromatic carbocycles. The number of aliphatic hydroxyl groups excluding tert-OH is 1. The Hall–Kier alpha value is -0.0800. The summed E-state index contributed by atoms with van der Waals surface area (Å²) in [5.41, 5.74) is 0. The summed E-state index contributed by atoms with van der Waals surface area (Å²) < 4.78 is 0. The van der Waals surface area contributed by atoms with Crippen LogP contribution in [0.25, 0.3) is 0 Å². The van der Waals surface area contributed by atoms with E-state index in [1.165, 1.54) is 12.8 Å². The molecule has 2 N–H and O–H groups in total. The highest BCUT2D eigenvalue weighted by atomic mass is 16.3. The van der Waals surface area contributed by atoms with E-state index in [1.54, 1.807) is 0 Å². The van der Waals surface area contributed by atoms with Crippen LogP contribution in [0.15, 0.2) is 0 Å². The Balaban J connectivity index is 2.07. The number of piperidine rings is 1. The summed E-state index contributed by atoms with van der Waals surface area (Å²) in [7, 11) is 0. The fourth-order valence-electron chi connectivity index (χ4n) is 2.66. The SMILES string of the molecule is CC1CC2CNCC(C1)C2O. The van der Waals surface area contributed by atoms with Crippen LogP contribution < -0.4 is 5.32 Å². The highest BCUT2D eigenvalue weighted by Crippen LogP contribution is 2.34. The summed E-state index contributed by atoms with van der Waals surface area (Å²) in [4.78, 5) is 0. The van der Waals surface area contributed by atoms with Crippen molar-refractivity contribution in [3.05, 3.63) is 0 Å². The summed E-state index contributed by atoms with van der Waals surface area (Å²) >= 11 is 0. The third-order valence-corrected chi connectivity index (χ3v) is 3.19. The number of hydrogen-bond acceptors (Lipinski definition) is 2. The lowest BCUT2D eigenvalue weighted by molar-refractivity contribution is -0.0205. The van der Waals surface area contributed by atoms with E-state index in [0.717, 1.165) is 19.0 Å². The molecule has 2 rings (SSSR count). The predicted molar refractivity (Wildman–Crippen MR) is 44.3 cm³/mol. The molecule has 2 bridgehead atoms. The van der Waals surface area contributed by atoms with Gasteiger partial charge in [0.2, 0.25) is 0 Å². The number of hydrogen-bond donors (Lipinski definition) is 2. The molecule has 64 valence electrons. The van der Waals surface area contributed by atoms with Gasteiger partial charge in [0.1, 0.15) is 0 Å². The Morgan fingerprint density at radius 1 is 1.18 bits per heavy atom. The maximum Gasteiger partial charge on any atom is 0.0620 e. The van der Waals surface area contributed by atoms with E-state index < -0.39 is 0 Å². The first-order chi connectivity index (χ1) is 5.27. The van der Waals surface area contributed by atoms with Crippen LogP contribution in [0.2, 0.25) is 0 Å². The molecule has 0 aromatic heterocycles. The van der Waals surface area contributed by atoms with Crippen LogP contribution in [0, 0.1) is 17.8 Å². The van der Waals surface area contributed by atoms with Gasteiger partial charge in [-0.05, 0) is 30.6 Å². The van der Waals surface area contributed by atoms with Gasteiger partial charge in [-0.3, -0.25) is 0 Å². The van der Waals surface area contributed by atoms with E-state index >= 15 is 0 Å². The van der Waals surface area contributed by atoms with Crippen molar-refractivity contribution in [1.82, 2.24) is 5.32 Å². The number of aliphatic hydroxyl groups is 1. The molecule has 11 heavy (non-hydrogen) atoms. The van der Waals surface area contributed by atoms with Gasteiger partial charge in [-0.2, -0.15) is 0 Å². The standard InChI is InChI=1S/C9H17NO/c1-6-2-7-4-10-5-8(3-6)9(7)11/h6-11H,2-5H2,1H3. The first-order valence-electron chi connectivity index (χ1n) is 4.66. The van der Waals surface area contributed by atoms with Crippen molar-refractivity contribution in [3.8, 4) is 0 Å². The largest absolute Gasteiger partial charge is 0.392 e. The van der Waals surface area contributed by atoms with Gasteiger partial charge in [0.25, 0.3) is 0 Å². The molecule has 1 saturated heterocycles. The van der Waals surface area contributed by atoms with Crippen LogP contribution in [-0.4, -0.2) is 24.3 Å². The van der Waals surface area contributed by atoms with Gasteiger partial charge in [0.05, 0.1) is 6.10 Å². The molecule has 0 spiro atoms. The molecule has 1 saturated carbocycles. The van der Waals surface area contributed by atoms with Gasteiger partial charge in [-0.1, -0.05) is 6.92 Å². The summed E-state index contributed by atoms with van der Waals surface area (Å²) in [6.07, 6.45) is 2.42. The summed E-state index contributed by atoms with van der Waals surface area (Å²) in [5, 5.41) is 13.1. The zero-order valence-corrected chi connectivity index (χ0v) is 7.09. The first kappa shape index (κ1) is 7.56. The maximum absolute atomic E-state index is 9.77. The predicted octanol–water partition coefficient (Wildman–Crippen LogP) is 0.613. The van der Waals surface area contributed by atoms with Crippen LogP contribution in [0.5, 0.6) is 0 Å². The van der Waals surface area contributed by atoms with E-state index in [-0.39, 0.29) is 6.10 Å². The molecule has 2 atom stereocenters. The van der Waals surface area contributed by atoms with Crippen LogP contribution in [0.4, 0.5) is 0 Å². The lowest BCUT2D eigenvalue weighted by Crippen LogP contribution is -2.50. The molecular weight excluding hydrogens is 138 g/mol. The highest BCUT2D eigenvalue weighted by Gasteiger charge is 2.37. The van der Waals surface area contributed by atoms with Gasteiger partial charge in [0, 0.05) is 13.1 Å². The number of rotatable bonds is 0. The normalized spacial score (nSPS) is 50.7. The Morgan fingerprint density at radius 3 is 2.27 bits per heavy atom. The second-order valence-electron chi connectivity index (χ2n) is 4.25. The van der Waals surface area contributed by atoms with Gasteiger partial charge in [0.15, 0.2) is 0 Å². The summed E-state index contributed by atoms with van der Waals surface area (Å²) in [6.45, 7) is 4.36. The summed E-state index contributed by atoms with van der Waals surface area (Å²) in [6, 6.07) is 0. The topological polar surface area (TPSA) is 32.3 Å². The molecule has 1 heterocycles. The molecule has 2 unspecified atom stereocenters. The van der Waals surface area contributed by atoms with Gasteiger partial charge >= 0.3 is 0 Å². The van der Waals surface area contributed by atoms with E-state index in [9.17, 15) is 5.11 Å². The molecular formula is C9H17NO. The molecule has 1 aliphatic heterocycles. The molecule has 0 amide bonds. The average Bonchev–Trinajstić information content (AvgIpc) is 1.92. The smallest absolute Gasteiger partial charge is 0.0620 e. The van der Waals surface area contributed by atoms with Crippen LogP contribution in [-0.2, 0) is 0 Å². The molecule has 1 aliphatic carbocycles. The van der Waals surface area contributed by atoms with E-state index in [0.29, 0.717) is 11.8 Å². The molecule has 2 nitrogen and oxygen atoms in total. The molecule has 0 aromatic rings. The van der Waals surface area contributed by atoms with Crippen LogP contribution in [0.1, 0.15) is 19.8 Å². The number of fused-ring (bicyclic) bond motifs is 2. The second-order valence-corrected chi connectivity index (χ2v) is 4.25. The van der Waals surface area contributed by atoms with Crippen molar-refractivity contribution in [2.75, 3.05) is 13.1 Å². The molecule has 0 radical (unpaired) electrons. The van der Waals surface area contributed by atoms with E-state index in [4.69, 9.17) is 0 Å². The van der Waals surface area contributed by atoms with Crippen molar-refractivity contribution in [2.45, 2.75) is 25.9 Å². The van der Waals surface area contributed by atoms with E-state index in [1.807, 2.05) is 0 Å². The Labute approximate surface area is 68.0 Å². The average molecular weight is 155 g/mol.